The zero-order chi connectivity index (χ0) is 17.2. The van der Waals surface area contributed by atoms with Crippen molar-refractivity contribution >= 4 is 22.7 Å². The van der Waals surface area contributed by atoms with E-state index in [9.17, 15) is 0 Å². The molecule has 3 aromatic carbocycles. The summed E-state index contributed by atoms with van der Waals surface area (Å²) < 4.78 is 0. The minimum absolute atomic E-state index is 0.847. The fraction of sp³-hybridized carbons (Fsp3) is 0.217. The predicted octanol–water partition coefficient (Wildman–Crippen LogP) is 6.06. The standard InChI is InChI=1S/C23H24N2/c1-3-18-9-7-11-20(15-18)24-17-25(23-14-6-5-13-22(23)24)21-12-8-10-19(4-2)16-21/h5-16H,3-4,17H2,1-2H3. The molecule has 25 heavy (non-hydrogen) atoms. The van der Waals surface area contributed by atoms with Gasteiger partial charge in [-0.05, 0) is 60.4 Å². The number of para-hydroxylation sites is 2. The summed E-state index contributed by atoms with van der Waals surface area (Å²) in [6.45, 7) is 5.26. The Hall–Kier alpha value is -2.74. The van der Waals surface area contributed by atoms with Crippen molar-refractivity contribution in [2.45, 2.75) is 26.7 Å². The summed E-state index contributed by atoms with van der Waals surface area (Å²) in [6.07, 6.45) is 2.12. The highest BCUT2D eigenvalue weighted by Crippen LogP contribution is 2.44. The molecule has 0 saturated heterocycles. The largest absolute Gasteiger partial charge is 0.321 e. The van der Waals surface area contributed by atoms with E-state index in [-0.39, 0.29) is 0 Å². The Morgan fingerprint density at radius 1 is 0.640 bits per heavy atom. The quantitative estimate of drug-likeness (QED) is 0.574. The number of hydrogen-bond acceptors (Lipinski definition) is 2. The molecular formula is C23H24N2. The topological polar surface area (TPSA) is 6.48 Å². The van der Waals surface area contributed by atoms with Crippen LogP contribution in [-0.2, 0) is 12.8 Å². The summed E-state index contributed by atoms with van der Waals surface area (Å²) in [4.78, 5) is 4.82. The molecule has 0 spiro atoms. The van der Waals surface area contributed by atoms with E-state index >= 15 is 0 Å². The first-order chi connectivity index (χ1) is 12.3. The second-order valence-electron chi connectivity index (χ2n) is 6.53. The minimum atomic E-state index is 0.847. The van der Waals surface area contributed by atoms with Crippen molar-refractivity contribution in [3.63, 3.8) is 0 Å². The zero-order valence-corrected chi connectivity index (χ0v) is 14.9. The van der Waals surface area contributed by atoms with Gasteiger partial charge in [-0.1, -0.05) is 50.2 Å². The second-order valence-corrected chi connectivity index (χ2v) is 6.53. The monoisotopic (exact) mass is 328 g/mol. The van der Waals surface area contributed by atoms with Crippen molar-refractivity contribution < 1.29 is 0 Å². The fourth-order valence-corrected chi connectivity index (χ4v) is 3.54. The van der Waals surface area contributed by atoms with Gasteiger partial charge in [0.15, 0.2) is 0 Å². The van der Waals surface area contributed by atoms with Crippen molar-refractivity contribution in [1.29, 1.82) is 0 Å². The molecule has 1 aliphatic rings. The lowest BCUT2D eigenvalue weighted by atomic mass is 10.1. The molecule has 3 aromatic rings. The average molecular weight is 328 g/mol. The van der Waals surface area contributed by atoms with Crippen molar-refractivity contribution in [1.82, 2.24) is 0 Å². The van der Waals surface area contributed by atoms with Gasteiger partial charge in [0.25, 0.3) is 0 Å². The summed E-state index contributed by atoms with van der Waals surface area (Å²) in [6, 6.07) is 26.5. The molecule has 0 amide bonds. The predicted molar refractivity (Wildman–Crippen MR) is 107 cm³/mol. The second kappa shape index (κ2) is 6.64. The van der Waals surface area contributed by atoms with Crippen LogP contribution in [0.15, 0.2) is 72.8 Å². The number of hydrogen-bond donors (Lipinski definition) is 0. The van der Waals surface area contributed by atoms with Crippen molar-refractivity contribution in [3.8, 4) is 0 Å². The Bertz CT molecular complexity index is 812. The maximum atomic E-state index is 2.41. The van der Waals surface area contributed by atoms with Gasteiger partial charge >= 0.3 is 0 Å². The molecule has 0 N–H and O–H groups in total. The van der Waals surface area contributed by atoms with E-state index < -0.39 is 0 Å². The van der Waals surface area contributed by atoms with E-state index in [4.69, 9.17) is 0 Å². The lowest BCUT2D eigenvalue weighted by Crippen LogP contribution is -2.24. The summed E-state index contributed by atoms with van der Waals surface area (Å²) in [5.74, 6) is 0. The van der Waals surface area contributed by atoms with E-state index in [2.05, 4.69) is 96.4 Å². The van der Waals surface area contributed by atoms with Crippen molar-refractivity contribution in [3.05, 3.63) is 83.9 Å². The molecule has 0 aromatic heterocycles. The van der Waals surface area contributed by atoms with Crippen LogP contribution < -0.4 is 9.80 Å². The number of benzene rings is 3. The van der Waals surface area contributed by atoms with Crippen LogP contribution in [0.25, 0.3) is 0 Å². The van der Waals surface area contributed by atoms with E-state index in [1.165, 1.54) is 33.9 Å². The summed E-state index contributed by atoms with van der Waals surface area (Å²) in [5.41, 5.74) is 7.83. The zero-order valence-electron chi connectivity index (χ0n) is 14.9. The van der Waals surface area contributed by atoms with Gasteiger partial charge < -0.3 is 9.80 Å². The molecule has 0 saturated carbocycles. The molecule has 0 atom stereocenters. The molecular weight excluding hydrogens is 304 g/mol. The van der Waals surface area contributed by atoms with Crippen LogP contribution in [0.2, 0.25) is 0 Å². The first-order valence-electron chi connectivity index (χ1n) is 9.12. The van der Waals surface area contributed by atoms with E-state index in [0.29, 0.717) is 0 Å². The molecule has 0 radical (unpaired) electrons. The number of fused-ring (bicyclic) bond motifs is 1. The number of nitrogens with zero attached hydrogens (tertiary/aromatic N) is 2. The number of anilines is 4. The minimum Gasteiger partial charge on any atom is -0.321 e. The van der Waals surface area contributed by atoms with E-state index in [1.54, 1.807) is 0 Å². The lowest BCUT2D eigenvalue weighted by molar-refractivity contribution is 0.984. The Kier molecular flexibility index (Phi) is 4.19. The molecule has 0 unspecified atom stereocenters. The van der Waals surface area contributed by atoms with Gasteiger partial charge in [-0.25, -0.2) is 0 Å². The third-order valence-corrected chi connectivity index (χ3v) is 5.01. The fourth-order valence-electron chi connectivity index (χ4n) is 3.54. The summed E-state index contributed by atoms with van der Waals surface area (Å²) in [5, 5.41) is 0. The highest BCUT2D eigenvalue weighted by Gasteiger charge is 2.27. The number of aryl methyl sites for hydroxylation is 2. The Labute approximate surface area is 150 Å². The van der Waals surface area contributed by atoms with Gasteiger partial charge in [0.2, 0.25) is 0 Å². The first-order valence-corrected chi connectivity index (χ1v) is 9.12. The molecule has 2 nitrogen and oxygen atoms in total. The van der Waals surface area contributed by atoms with Gasteiger partial charge in [-0.15, -0.1) is 0 Å². The smallest absolute Gasteiger partial charge is 0.100 e. The normalized spacial score (nSPS) is 13.2. The third kappa shape index (κ3) is 2.89. The highest BCUT2D eigenvalue weighted by molar-refractivity contribution is 5.86. The van der Waals surface area contributed by atoms with Crippen LogP contribution in [0.3, 0.4) is 0 Å². The first kappa shape index (κ1) is 15.8. The summed E-state index contributed by atoms with van der Waals surface area (Å²) >= 11 is 0. The van der Waals surface area contributed by atoms with Crippen LogP contribution >= 0.6 is 0 Å². The molecule has 126 valence electrons. The highest BCUT2D eigenvalue weighted by atomic mass is 15.4. The van der Waals surface area contributed by atoms with Crippen LogP contribution in [0, 0.1) is 0 Å². The third-order valence-electron chi connectivity index (χ3n) is 5.01. The van der Waals surface area contributed by atoms with Crippen LogP contribution in [0.4, 0.5) is 22.7 Å². The van der Waals surface area contributed by atoms with Gasteiger partial charge in [0.05, 0.1) is 11.4 Å². The molecule has 0 aliphatic carbocycles. The van der Waals surface area contributed by atoms with Gasteiger partial charge in [0.1, 0.15) is 6.67 Å². The molecule has 1 heterocycles. The van der Waals surface area contributed by atoms with Gasteiger partial charge in [-0.2, -0.15) is 0 Å². The van der Waals surface area contributed by atoms with Gasteiger partial charge in [0, 0.05) is 11.4 Å². The molecule has 1 aliphatic heterocycles. The molecule has 2 heteroatoms. The maximum absolute atomic E-state index is 2.41. The molecule has 4 rings (SSSR count). The van der Waals surface area contributed by atoms with Crippen LogP contribution in [-0.4, -0.2) is 6.67 Å². The molecule has 0 bridgehead atoms. The van der Waals surface area contributed by atoms with Crippen molar-refractivity contribution in [2.24, 2.45) is 0 Å². The van der Waals surface area contributed by atoms with E-state index in [0.717, 1.165) is 19.5 Å². The Morgan fingerprint density at radius 3 is 1.56 bits per heavy atom. The SMILES string of the molecule is CCc1cccc(N2CN(c3cccc(CC)c3)c3ccccc32)c1. The lowest BCUT2D eigenvalue weighted by Gasteiger charge is -2.23. The van der Waals surface area contributed by atoms with Crippen LogP contribution in [0.5, 0.6) is 0 Å². The summed E-state index contributed by atoms with van der Waals surface area (Å²) in [7, 11) is 0. The maximum Gasteiger partial charge on any atom is 0.100 e. The Balaban J connectivity index is 1.77. The Morgan fingerprint density at radius 2 is 1.12 bits per heavy atom. The average Bonchev–Trinajstić information content (AvgIpc) is 3.08. The van der Waals surface area contributed by atoms with Crippen molar-refractivity contribution in [2.75, 3.05) is 16.5 Å². The van der Waals surface area contributed by atoms with Gasteiger partial charge in [-0.3, -0.25) is 0 Å². The van der Waals surface area contributed by atoms with E-state index in [1.807, 2.05) is 0 Å². The molecule has 0 fully saturated rings. The number of rotatable bonds is 4. The van der Waals surface area contributed by atoms with Crippen LogP contribution in [0.1, 0.15) is 25.0 Å².